The van der Waals surface area contributed by atoms with Crippen LogP contribution in [0.15, 0.2) is 53.6 Å². The molecule has 0 aliphatic carbocycles. The van der Waals surface area contributed by atoms with Crippen LogP contribution >= 0.6 is 0 Å². The van der Waals surface area contributed by atoms with Crippen molar-refractivity contribution in [1.29, 1.82) is 0 Å². The van der Waals surface area contributed by atoms with Crippen LogP contribution in [0.4, 0.5) is 5.95 Å². The molecule has 29 heavy (non-hydrogen) atoms. The van der Waals surface area contributed by atoms with E-state index in [4.69, 9.17) is 4.74 Å². The number of aryl methyl sites for hydroxylation is 1. The van der Waals surface area contributed by atoms with Crippen LogP contribution in [0.3, 0.4) is 0 Å². The fourth-order valence-electron chi connectivity index (χ4n) is 3.29. The van der Waals surface area contributed by atoms with Gasteiger partial charge in [0, 0.05) is 17.5 Å². The van der Waals surface area contributed by atoms with E-state index in [1.54, 1.807) is 6.21 Å². The third kappa shape index (κ3) is 3.89. The maximum atomic E-state index is 5.76. The lowest BCUT2D eigenvalue weighted by atomic mass is 10.2. The van der Waals surface area contributed by atoms with Gasteiger partial charge in [0.25, 0.3) is 5.95 Å². The van der Waals surface area contributed by atoms with Crippen molar-refractivity contribution >= 4 is 34.2 Å². The first-order valence-corrected chi connectivity index (χ1v) is 9.94. The number of fused-ring (bicyclic) bond motifs is 3. The summed E-state index contributed by atoms with van der Waals surface area (Å²) in [6, 6.07) is 16.0. The highest BCUT2D eigenvalue weighted by Gasteiger charge is 2.13. The monoisotopic (exact) mass is 388 g/mol. The Labute approximate surface area is 169 Å². The first-order valence-electron chi connectivity index (χ1n) is 9.94. The van der Waals surface area contributed by atoms with Gasteiger partial charge in [-0.2, -0.15) is 10.1 Å². The smallest absolute Gasteiger partial charge is 0.265 e. The van der Waals surface area contributed by atoms with Crippen LogP contribution in [0.25, 0.3) is 22.1 Å². The lowest BCUT2D eigenvalue weighted by Crippen LogP contribution is -2.03. The Morgan fingerprint density at radius 3 is 2.72 bits per heavy atom. The first-order chi connectivity index (χ1) is 14.3. The van der Waals surface area contributed by atoms with E-state index in [9.17, 15) is 0 Å². The molecule has 0 bridgehead atoms. The van der Waals surface area contributed by atoms with Gasteiger partial charge in [0.1, 0.15) is 11.3 Å². The normalized spacial score (nSPS) is 11.5. The van der Waals surface area contributed by atoms with Gasteiger partial charge in [-0.3, -0.25) is 0 Å². The number of nitrogens with one attached hydrogen (secondary N) is 1. The van der Waals surface area contributed by atoms with Crippen molar-refractivity contribution in [3.8, 4) is 5.75 Å². The third-order valence-corrected chi connectivity index (χ3v) is 4.57. The SMILES string of the molecule is CCCOc1ccccc1C=NNc1nnc2c3ccccc3n(CCC)c2n1. The number of rotatable bonds is 8. The summed E-state index contributed by atoms with van der Waals surface area (Å²) in [6.45, 7) is 5.77. The molecule has 0 fully saturated rings. The van der Waals surface area contributed by atoms with E-state index in [1.807, 2.05) is 36.4 Å². The summed E-state index contributed by atoms with van der Waals surface area (Å²) in [5, 5.41) is 14.0. The lowest BCUT2D eigenvalue weighted by molar-refractivity contribution is 0.317. The molecule has 7 nitrogen and oxygen atoms in total. The highest BCUT2D eigenvalue weighted by atomic mass is 16.5. The molecule has 0 spiro atoms. The zero-order chi connectivity index (χ0) is 20.1. The Hall–Kier alpha value is -3.48. The molecule has 7 heteroatoms. The number of para-hydroxylation sites is 2. The fourth-order valence-corrected chi connectivity index (χ4v) is 3.29. The second kappa shape index (κ2) is 8.68. The van der Waals surface area contributed by atoms with Gasteiger partial charge < -0.3 is 9.30 Å². The molecular formula is C22H24N6O. The topological polar surface area (TPSA) is 77.2 Å². The number of nitrogens with zero attached hydrogens (tertiary/aromatic N) is 5. The average molecular weight is 388 g/mol. The third-order valence-electron chi connectivity index (χ3n) is 4.57. The molecule has 0 amide bonds. The maximum Gasteiger partial charge on any atom is 0.265 e. The molecular weight excluding hydrogens is 364 g/mol. The van der Waals surface area contributed by atoms with Crippen molar-refractivity contribution in [3.63, 3.8) is 0 Å². The molecule has 2 aromatic carbocycles. The Morgan fingerprint density at radius 2 is 1.86 bits per heavy atom. The molecule has 0 unspecified atom stereocenters. The van der Waals surface area contributed by atoms with Crippen molar-refractivity contribution in [1.82, 2.24) is 19.7 Å². The van der Waals surface area contributed by atoms with Gasteiger partial charge in [-0.25, -0.2) is 5.43 Å². The van der Waals surface area contributed by atoms with Gasteiger partial charge in [-0.05, 0) is 31.0 Å². The molecule has 0 atom stereocenters. The molecule has 1 N–H and O–H groups in total. The van der Waals surface area contributed by atoms with Crippen LogP contribution in [0.5, 0.6) is 5.75 Å². The highest BCUT2D eigenvalue weighted by molar-refractivity contribution is 6.04. The van der Waals surface area contributed by atoms with Gasteiger partial charge in [0.15, 0.2) is 5.65 Å². The van der Waals surface area contributed by atoms with Crippen molar-refractivity contribution in [2.75, 3.05) is 12.0 Å². The summed E-state index contributed by atoms with van der Waals surface area (Å²) < 4.78 is 7.94. The molecule has 0 aliphatic heterocycles. The predicted octanol–water partition coefficient (Wildman–Crippen LogP) is 4.62. The molecule has 0 radical (unpaired) electrons. The first kappa shape index (κ1) is 18.9. The second-order valence-electron chi connectivity index (χ2n) is 6.73. The molecule has 4 rings (SSSR count). The van der Waals surface area contributed by atoms with Crippen LogP contribution in [-0.4, -0.2) is 32.6 Å². The number of benzene rings is 2. The Kier molecular flexibility index (Phi) is 5.65. The highest BCUT2D eigenvalue weighted by Crippen LogP contribution is 2.26. The van der Waals surface area contributed by atoms with E-state index in [1.165, 1.54) is 0 Å². The number of hydrazone groups is 1. The van der Waals surface area contributed by atoms with E-state index in [0.717, 1.165) is 52.8 Å². The van der Waals surface area contributed by atoms with E-state index >= 15 is 0 Å². The van der Waals surface area contributed by atoms with Crippen molar-refractivity contribution in [2.24, 2.45) is 5.10 Å². The van der Waals surface area contributed by atoms with Crippen LogP contribution < -0.4 is 10.2 Å². The number of hydrogen-bond donors (Lipinski definition) is 1. The van der Waals surface area contributed by atoms with Crippen LogP contribution in [0.1, 0.15) is 32.3 Å². The van der Waals surface area contributed by atoms with Gasteiger partial charge in [0.05, 0.1) is 18.3 Å². The lowest BCUT2D eigenvalue weighted by Gasteiger charge is -2.07. The molecule has 2 heterocycles. The fraction of sp³-hybridized carbons (Fsp3) is 0.273. The van der Waals surface area contributed by atoms with Crippen LogP contribution in [0, 0.1) is 0 Å². The van der Waals surface area contributed by atoms with Crippen LogP contribution in [-0.2, 0) is 6.54 Å². The zero-order valence-electron chi connectivity index (χ0n) is 16.7. The summed E-state index contributed by atoms with van der Waals surface area (Å²) in [6.07, 6.45) is 3.67. The Morgan fingerprint density at radius 1 is 1.03 bits per heavy atom. The van der Waals surface area contributed by atoms with E-state index in [-0.39, 0.29) is 0 Å². The minimum atomic E-state index is 0.362. The van der Waals surface area contributed by atoms with E-state index in [2.05, 4.69) is 56.3 Å². The maximum absolute atomic E-state index is 5.76. The van der Waals surface area contributed by atoms with Crippen molar-refractivity contribution in [3.05, 3.63) is 54.1 Å². The Bertz CT molecular complexity index is 1150. The number of aromatic nitrogens is 4. The number of ether oxygens (including phenoxy) is 1. The van der Waals surface area contributed by atoms with Gasteiger partial charge in [0.2, 0.25) is 0 Å². The molecule has 0 aliphatic rings. The van der Waals surface area contributed by atoms with Gasteiger partial charge in [-0.15, -0.1) is 10.2 Å². The number of hydrogen-bond acceptors (Lipinski definition) is 6. The summed E-state index contributed by atoms with van der Waals surface area (Å²) in [5.74, 6) is 1.17. The largest absolute Gasteiger partial charge is 0.493 e. The Balaban J connectivity index is 1.62. The van der Waals surface area contributed by atoms with E-state index in [0.29, 0.717) is 12.6 Å². The molecule has 148 valence electrons. The van der Waals surface area contributed by atoms with Gasteiger partial charge >= 0.3 is 0 Å². The molecule has 0 saturated carbocycles. The second-order valence-corrected chi connectivity index (χ2v) is 6.73. The summed E-state index contributed by atoms with van der Waals surface area (Å²) in [4.78, 5) is 4.67. The summed E-state index contributed by atoms with van der Waals surface area (Å²) in [7, 11) is 0. The average Bonchev–Trinajstić information content (AvgIpc) is 3.07. The predicted molar refractivity (Wildman–Crippen MR) is 117 cm³/mol. The zero-order valence-corrected chi connectivity index (χ0v) is 16.7. The number of anilines is 1. The summed E-state index contributed by atoms with van der Waals surface area (Å²) >= 11 is 0. The minimum Gasteiger partial charge on any atom is -0.493 e. The molecule has 2 aromatic heterocycles. The van der Waals surface area contributed by atoms with Crippen LogP contribution in [0.2, 0.25) is 0 Å². The van der Waals surface area contributed by atoms with Crippen molar-refractivity contribution in [2.45, 2.75) is 33.2 Å². The minimum absolute atomic E-state index is 0.362. The van der Waals surface area contributed by atoms with E-state index < -0.39 is 0 Å². The van der Waals surface area contributed by atoms with Crippen molar-refractivity contribution < 1.29 is 4.74 Å². The standard InChI is InChI=1S/C22H24N6O/c1-3-13-28-18-11-7-6-10-17(18)20-21(28)24-22(27-25-20)26-23-15-16-9-5-8-12-19(16)29-14-4-2/h5-12,15H,3-4,13-14H2,1-2H3,(H,24,26,27). The molecule has 0 saturated heterocycles. The van der Waals surface area contributed by atoms with Gasteiger partial charge in [-0.1, -0.05) is 44.2 Å². The quantitative estimate of drug-likeness (QED) is 0.352. The molecule has 4 aromatic rings. The summed E-state index contributed by atoms with van der Waals surface area (Å²) in [5.41, 5.74) is 6.53.